The first-order valence-corrected chi connectivity index (χ1v) is 16.7. The highest BCUT2D eigenvalue weighted by Gasteiger charge is 2.36. The van der Waals surface area contributed by atoms with E-state index in [2.05, 4.69) is 20.9 Å². The summed E-state index contributed by atoms with van der Waals surface area (Å²) < 4.78 is 6.21. The monoisotopic (exact) mass is 615 g/mol. The number of hydrogen-bond acceptors (Lipinski definition) is 6. The minimum absolute atomic E-state index is 0.0597. The van der Waals surface area contributed by atoms with Crippen molar-refractivity contribution >= 4 is 23.6 Å². The molecule has 0 radical (unpaired) electrons. The topological polar surface area (TPSA) is 120 Å². The van der Waals surface area contributed by atoms with Gasteiger partial charge in [0.15, 0.2) is 0 Å². The van der Waals surface area contributed by atoms with Gasteiger partial charge in [-0.3, -0.25) is 19.2 Å². The molecular weight excluding hydrogens is 570 g/mol. The van der Waals surface area contributed by atoms with Gasteiger partial charge in [-0.25, -0.2) is 0 Å². The zero-order valence-corrected chi connectivity index (χ0v) is 26.0. The number of hydrogen-bond donors (Lipinski definition) is 3. The van der Waals surface area contributed by atoms with Crippen LogP contribution in [0.15, 0.2) is 48.5 Å². The van der Waals surface area contributed by atoms with Crippen molar-refractivity contribution in [2.45, 2.75) is 82.3 Å². The van der Waals surface area contributed by atoms with E-state index < -0.39 is 18.1 Å². The van der Waals surface area contributed by atoms with Crippen LogP contribution in [-0.4, -0.2) is 84.3 Å². The summed E-state index contributed by atoms with van der Waals surface area (Å²) >= 11 is 0. The highest BCUT2D eigenvalue weighted by Crippen LogP contribution is 2.28. The lowest BCUT2D eigenvalue weighted by Gasteiger charge is -2.31. The van der Waals surface area contributed by atoms with Gasteiger partial charge < -0.3 is 30.5 Å². The van der Waals surface area contributed by atoms with Crippen molar-refractivity contribution in [3.05, 3.63) is 59.7 Å². The molecule has 10 nitrogen and oxygen atoms in total. The standard InChI is InChI=1S/C35H45N5O5/c41-32-11-6-17-40(32)31-22-26-8-5-10-28(20-26)45-27-9-4-7-25(19-27)21-30(33(42)36-23-24-12-13-24)38-34(43)29(37-35(31)44)14-18-39-15-2-1-3-16-39/h4-5,7-10,19-20,24,29-31H,1-3,6,11-18,21-23H2,(H,36,42)(H,37,44)(H,38,43)/t29-,30-,31-/m0/s1. The van der Waals surface area contributed by atoms with E-state index in [1.165, 1.54) is 6.42 Å². The number of fused-ring (bicyclic) bond motifs is 4. The van der Waals surface area contributed by atoms with Crippen molar-refractivity contribution in [3.8, 4) is 11.5 Å². The van der Waals surface area contributed by atoms with E-state index in [0.29, 0.717) is 62.7 Å². The molecule has 10 heteroatoms. The zero-order valence-electron chi connectivity index (χ0n) is 26.0. The molecule has 0 spiro atoms. The molecule has 3 heterocycles. The summed E-state index contributed by atoms with van der Waals surface area (Å²) in [5.41, 5.74) is 1.71. The summed E-state index contributed by atoms with van der Waals surface area (Å²) in [6.45, 7) is 3.67. The maximum Gasteiger partial charge on any atom is 0.243 e. The predicted molar refractivity (Wildman–Crippen MR) is 170 cm³/mol. The van der Waals surface area contributed by atoms with E-state index in [9.17, 15) is 19.2 Å². The zero-order chi connectivity index (χ0) is 31.2. The molecule has 0 aromatic heterocycles. The largest absolute Gasteiger partial charge is 0.457 e. The van der Waals surface area contributed by atoms with Crippen molar-refractivity contribution in [1.82, 2.24) is 25.8 Å². The van der Waals surface area contributed by atoms with Crippen molar-refractivity contribution in [2.24, 2.45) is 5.92 Å². The molecule has 4 aliphatic rings. The molecular formula is C35H45N5O5. The second kappa shape index (κ2) is 14.5. The molecule has 3 atom stereocenters. The molecule has 45 heavy (non-hydrogen) atoms. The van der Waals surface area contributed by atoms with E-state index in [1.54, 1.807) is 4.90 Å². The Morgan fingerprint density at radius 2 is 1.56 bits per heavy atom. The van der Waals surface area contributed by atoms with Gasteiger partial charge in [-0.05, 0) is 92.9 Å². The average Bonchev–Trinajstić information content (AvgIpc) is 3.78. The molecule has 3 N–H and O–H groups in total. The number of ether oxygens (including phenoxy) is 1. The number of amides is 4. The maximum absolute atomic E-state index is 14.1. The fourth-order valence-corrected chi connectivity index (χ4v) is 6.61. The van der Waals surface area contributed by atoms with Gasteiger partial charge >= 0.3 is 0 Å². The predicted octanol–water partition coefficient (Wildman–Crippen LogP) is 2.94. The van der Waals surface area contributed by atoms with Crippen LogP contribution in [0.1, 0.15) is 62.5 Å². The van der Waals surface area contributed by atoms with Crippen LogP contribution in [-0.2, 0) is 32.0 Å². The number of nitrogens with zero attached hydrogens (tertiary/aromatic N) is 2. The van der Waals surface area contributed by atoms with Crippen molar-refractivity contribution in [1.29, 1.82) is 0 Å². The summed E-state index contributed by atoms with van der Waals surface area (Å²) in [7, 11) is 0. The van der Waals surface area contributed by atoms with E-state index in [4.69, 9.17) is 4.74 Å². The molecule has 1 aliphatic carbocycles. The Hall–Kier alpha value is -3.92. The second-order valence-electron chi connectivity index (χ2n) is 13.0. The van der Waals surface area contributed by atoms with Crippen LogP contribution in [0.4, 0.5) is 0 Å². The van der Waals surface area contributed by atoms with Crippen molar-refractivity contribution in [2.75, 3.05) is 32.7 Å². The molecule has 2 aromatic carbocycles. The summed E-state index contributed by atoms with van der Waals surface area (Å²) in [5, 5.41) is 9.07. The third-order valence-corrected chi connectivity index (χ3v) is 9.40. The Bertz CT molecular complexity index is 1390. The molecule has 4 amide bonds. The first-order chi connectivity index (χ1) is 21.9. The van der Waals surface area contributed by atoms with Gasteiger partial charge in [-0.15, -0.1) is 0 Å². The van der Waals surface area contributed by atoms with Crippen molar-refractivity contribution in [3.63, 3.8) is 0 Å². The smallest absolute Gasteiger partial charge is 0.243 e. The summed E-state index contributed by atoms with van der Waals surface area (Å²) in [4.78, 5) is 58.4. The minimum atomic E-state index is -0.854. The Kier molecular flexibility index (Phi) is 9.98. The number of carbonyl (C=O) groups is 4. The van der Waals surface area contributed by atoms with Gasteiger partial charge in [0, 0.05) is 38.9 Å². The van der Waals surface area contributed by atoms with Gasteiger partial charge in [0.25, 0.3) is 0 Å². The summed E-state index contributed by atoms with van der Waals surface area (Å²) in [5.74, 6) is 0.679. The first-order valence-electron chi connectivity index (χ1n) is 16.7. The number of rotatable bonds is 7. The number of likely N-dealkylation sites (tertiary alicyclic amines) is 2. The quantitative estimate of drug-likeness (QED) is 0.441. The van der Waals surface area contributed by atoms with E-state index in [-0.39, 0.29) is 30.0 Å². The summed E-state index contributed by atoms with van der Waals surface area (Å²) in [6, 6.07) is 12.7. The molecule has 3 fully saturated rings. The lowest BCUT2D eigenvalue weighted by atomic mass is 10.0. The molecule has 4 bridgehead atoms. The van der Waals surface area contributed by atoms with Gasteiger partial charge in [0.1, 0.15) is 29.6 Å². The average molecular weight is 616 g/mol. The first kappa shape index (κ1) is 31.1. The fraction of sp³-hybridized carbons (Fsp3) is 0.543. The maximum atomic E-state index is 14.1. The second-order valence-corrected chi connectivity index (χ2v) is 13.0. The molecule has 2 aromatic rings. The van der Waals surface area contributed by atoms with Gasteiger partial charge in [0.05, 0.1) is 0 Å². The summed E-state index contributed by atoms with van der Waals surface area (Å²) in [6.07, 6.45) is 7.71. The molecule has 240 valence electrons. The number of benzene rings is 2. The highest BCUT2D eigenvalue weighted by molar-refractivity contribution is 5.94. The van der Waals surface area contributed by atoms with E-state index in [1.807, 2.05) is 48.5 Å². The van der Waals surface area contributed by atoms with E-state index >= 15 is 0 Å². The number of nitrogens with one attached hydrogen (secondary N) is 3. The molecule has 2 saturated heterocycles. The number of carbonyl (C=O) groups excluding carboxylic acids is 4. The lowest BCUT2D eigenvalue weighted by molar-refractivity contribution is -0.139. The van der Waals surface area contributed by atoms with Gasteiger partial charge in [-0.1, -0.05) is 30.7 Å². The third-order valence-electron chi connectivity index (χ3n) is 9.40. The molecule has 6 rings (SSSR count). The van der Waals surface area contributed by atoms with Crippen LogP contribution < -0.4 is 20.7 Å². The number of piperidine rings is 1. The molecule has 0 unspecified atom stereocenters. The van der Waals surface area contributed by atoms with Crippen LogP contribution in [0.3, 0.4) is 0 Å². The Labute approximate surface area is 265 Å². The van der Waals surface area contributed by atoms with E-state index in [0.717, 1.165) is 49.9 Å². The Balaban J connectivity index is 1.32. The van der Waals surface area contributed by atoms with Crippen LogP contribution in [0.25, 0.3) is 0 Å². The van der Waals surface area contributed by atoms with Crippen LogP contribution >= 0.6 is 0 Å². The SMILES string of the molecule is O=C(NCC1CC1)[C@@H]1Cc2cccc(c2)Oc2cccc(c2)C[C@H](N2CCCC2=O)C(=O)N[C@@H](CCN2CCCCC2)C(=O)N1. The van der Waals surface area contributed by atoms with Crippen LogP contribution in [0, 0.1) is 5.92 Å². The van der Waals surface area contributed by atoms with Gasteiger partial charge in [0.2, 0.25) is 23.6 Å². The minimum Gasteiger partial charge on any atom is -0.457 e. The van der Waals surface area contributed by atoms with Crippen molar-refractivity contribution < 1.29 is 23.9 Å². The Morgan fingerprint density at radius 1 is 0.844 bits per heavy atom. The Morgan fingerprint density at radius 3 is 2.22 bits per heavy atom. The molecule has 3 aliphatic heterocycles. The third kappa shape index (κ3) is 8.42. The highest BCUT2D eigenvalue weighted by atomic mass is 16.5. The fourth-order valence-electron chi connectivity index (χ4n) is 6.61. The van der Waals surface area contributed by atoms with Crippen LogP contribution in [0.5, 0.6) is 11.5 Å². The van der Waals surface area contributed by atoms with Crippen LogP contribution in [0.2, 0.25) is 0 Å². The molecule has 1 saturated carbocycles. The van der Waals surface area contributed by atoms with Gasteiger partial charge in [-0.2, -0.15) is 0 Å². The lowest BCUT2D eigenvalue weighted by Crippen LogP contribution is -2.58. The normalized spacial score (nSPS) is 24.8.